The molecule has 17 heavy (non-hydrogen) atoms. The van der Waals surface area contributed by atoms with Crippen LogP contribution < -0.4 is 15.4 Å². The van der Waals surface area contributed by atoms with Crippen LogP contribution in [0.4, 0.5) is 5.69 Å². The summed E-state index contributed by atoms with van der Waals surface area (Å²) < 4.78 is 5.30. The van der Waals surface area contributed by atoms with Crippen LogP contribution in [0.5, 0.6) is 5.75 Å². The molecule has 1 aromatic rings. The fourth-order valence-electron chi connectivity index (χ4n) is 1.77. The highest BCUT2D eigenvalue weighted by molar-refractivity contribution is 5.95. The lowest BCUT2D eigenvalue weighted by molar-refractivity contribution is -0.118. The van der Waals surface area contributed by atoms with Gasteiger partial charge in [0.15, 0.2) is 6.61 Å². The molecule has 0 saturated carbocycles. The van der Waals surface area contributed by atoms with Gasteiger partial charge in [0.1, 0.15) is 5.75 Å². The summed E-state index contributed by atoms with van der Waals surface area (Å²) in [6.45, 7) is 4.13. The Morgan fingerprint density at radius 2 is 2.35 bits per heavy atom. The number of hydrogen-bond acceptors (Lipinski definition) is 3. The first-order valence-corrected chi connectivity index (χ1v) is 6.06. The van der Waals surface area contributed by atoms with Crippen LogP contribution in [-0.4, -0.2) is 19.1 Å². The van der Waals surface area contributed by atoms with Gasteiger partial charge in [-0.25, -0.2) is 0 Å². The molecule has 1 aliphatic heterocycles. The molecule has 0 bridgehead atoms. The molecule has 1 heterocycles. The molecular formula is C13H18N2O2. The summed E-state index contributed by atoms with van der Waals surface area (Å²) in [5, 5.41) is 6.18. The quantitative estimate of drug-likeness (QED) is 0.765. The van der Waals surface area contributed by atoms with Crippen LogP contribution in [0.1, 0.15) is 25.3 Å². The number of unbranched alkanes of at least 4 members (excludes halogenated alkanes) is 1. The lowest BCUT2D eigenvalue weighted by Crippen LogP contribution is -2.25. The van der Waals surface area contributed by atoms with E-state index >= 15 is 0 Å². The molecule has 1 amide bonds. The standard InChI is InChI=1S/C13H18N2O2/c1-2-3-6-14-8-10-4-5-12-11(7-10)15-13(16)9-17-12/h4-5,7,14H,2-3,6,8-9H2,1H3,(H,15,16). The van der Waals surface area contributed by atoms with E-state index in [4.69, 9.17) is 4.74 Å². The number of nitrogens with one attached hydrogen (secondary N) is 2. The van der Waals surface area contributed by atoms with Crippen LogP contribution in [0, 0.1) is 0 Å². The van der Waals surface area contributed by atoms with Crippen molar-refractivity contribution in [2.75, 3.05) is 18.5 Å². The maximum absolute atomic E-state index is 11.2. The van der Waals surface area contributed by atoms with Crippen molar-refractivity contribution < 1.29 is 9.53 Å². The number of carbonyl (C=O) groups is 1. The number of amides is 1. The Hall–Kier alpha value is -1.55. The second-order valence-electron chi connectivity index (χ2n) is 4.20. The Labute approximate surface area is 101 Å². The van der Waals surface area contributed by atoms with E-state index in [1.807, 2.05) is 18.2 Å². The Bertz CT molecular complexity index is 404. The van der Waals surface area contributed by atoms with Crippen LogP contribution in [0.3, 0.4) is 0 Å². The summed E-state index contributed by atoms with van der Waals surface area (Å²) in [6.07, 6.45) is 2.38. The maximum Gasteiger partial charge on any atom is 0.262 e. The van der Waals surface area contributed by atoms with Crippen LogP contribution in [0.15, 0.2) is 18.2 Å². The summed E-state index contributed by atoms with van der Waals surface area (Å²) in [5.41, 5.74) is 1.93. The third-order valence-electron chi connectivity index (χ3n) is 2.71. The molecule has 0 atom stereocenters. The molecule has 0 saturated heterocycles. The second-order valence-corrected chi connectivity index (χ2v) is 4.20. The summed E-state index contributed by atoms with van der Waals surface area (Å²) >= 11 is 0. The molecule has 2 rings (SSSR count). The van der Waals surface area contributed by atoms with Gasteiger partial charge in [-0.15, -0.1) is 0 Å². The van der Waals surface area contributed by atoms with Gasteiger partial charge < -0.3 is 15.4 Å². The average molecular weight is 234 g/mol. The summed E-state index contributed by atoms with van der Waals surface area (Å²) in [6, 6.07) is 5.90. The van der Waals surface area contributed by atoms with Crippen LogP contribution >= 0.6 is 0 Å². The first kappa shape index (κ1) is 11.9. The van der Waals surface area contributed by atoms with Crippen molar-refractivity contribution in [1.82, 2.24) is 5.32 Å². The highest BCUT2D eigenvalue weighted by Gasteiger charge is 2.15. The molecule has 4 nitrogen and oxygen atoms in total. The van der Waals surface area contributed by atoms with Crippen molar-refractivity contribution in [1.29, 1.82) is 0 Å². The fraction of sp³-hybridized carbons (Fsp3) is 0.462. The zero-order chi connectivity index (χ0) is 12.1. The van der Waals surface area contributed by atoms with Crippen molar-refractivity contribution in [3.8, 4) is 5.75 Å². The van der Waals surface area contributed by atoms with Gasteiger partial charge in [-0.1, -0.05) is 19.4 Å². The largest absolute Gasteiger partial charge is 0.482 e. The second kappa shape index (κ2) is 5.68. The Morgan fingerprint density at radius 1 is 1.47 bits per heavy atom. The third kappa shape index (κ3) is 3.20. The Morgan fingerprint density at radius 3 is 3.18 bits per heavy atom. The summed E-state index contributed by atoms with van der Waals surface area (Å²) in [4.78, 5) is 11.2. The molecule has 2 N–H and O–H groups in total. The van der Waals surface area contributed by atoms with E-state index in [1.54, 1.807) is 0 Å². The zero-order valence-electron chi connectivity index (χ0n) is 10.1. The summed E-state index contributed by atoms with van der Waals surface area (Å²) in [7, 11) is 0. The number of carbonyl (C=O) groups excluding carboxylic acids is 1. The lowest BCUT2D eigenvalue weighted by atomic mass is 10.1. The van der Waals surface area contributed by atoms with Crippen LogP contribution in [0.25, 0.3) is 0 Å². The average Bonchev–Trinajstić information content (AvgIpc) is 2.34. The van der Waals surface area contributed by atoms with Gasteiger partial charge in [0.05, 0.1) is 5.69 Å². The molecule has 92 valence electrons. The zero-order valence-corrected chi connectivity index (χ0v) is 10.1. The Kier molecular flexibility index (Phi) is 3.98. The molecule has 0 spiro atoms. The molecule has 0 aromatic heterocycles. The summed E-state index contributed by atoms with van der Waals surface area (Å²) in [5.74, 6) is 0.663. The molecule has 0 aliphatic carbocycles. The lowest BCUT2D eigenvalue weighted by Gasteiger charge is -2.18. The molecule has 0 unspecified atom stereocenters. The normalized spacial score (nSPS) is 13.8. The minimum Gasteiger partial charge on any atom is -0.482 e. The molecule has 0 fully saturated rings. The predicted octanol–water partition coefficient (Wildman–Crippen LogP) is 1.91. The van der Waals surface area contributed by atoms with Gasteiger partial charge in [-0.05, 0) is 30.7 Å². The van der Waals surface area contributed by atoms with E-state index in [0.29, 0.717) is 0 Å². The topological polar surface area (TPSA) is 50.4 Å². The molecule has 1 aromatic carbocycles. The van der Waals surface area contributed by atoms with Gasteiger partial charge in [0, 0.05) is 6.54 Å². The Balaban J connectivity index is 1.95. The number of hydrogen-bond donors (Lipinski definition) is 2. The van der Waals surface area contributed by atoms with Crippen LogP contribution in [0.2, 0.25) is 0 Å². The van der Waals surface area contributed by atoms with Crippen molar-refractivity contribution in [2.24, 2.45) is 0 Å². The van der Waals surface area contributed by atoms with E-state index in [9.17, 15) is 4.79 Å². The van der Waals surface area contributed by atoms with Crippen molar-refractivity contribution in [2.45, 2.75) is 26.3 Å². The van der Waals surface area contributed by atoms with Gasteiger partial charge >= 0.3 is 0 Å². The highest BCUT2D eigenvalue weighted by atomic mass is 16.5. The monoisotopic (exact) mass is 234 g/mol. The van der Waals surface area contributed by atoms with Crippen molar-refractivity contribution in [3.05, 3.63) is 23.8 Å². The number of benzene rings is 1. The van der Waals surface area contributed by atoms with Crippen LogP contribution in [-0.2, 0) is 11.3 Å². The van der Waals surface area contributed by atoms with Gasteiger partial charge in [-0.2, -0.15) is 0 Å². The maximum atomic E-state index is 11.2. The van der Waals surface area contributed by atoms with E-state index in [1.165, 1.54) is 12.8 Å². The molecule has 1 aliphatic rings. The molecule has 0 radical (unpaired) electrons. The van der Waals surface area contributed by atoms with Gasteiger partial charge in [0.2, 0.25) is 0 Å². The minimum atomic E-state index is -0.0893. The van der Waals surface area contributed by atoms with E-state index < -0.39 is 0 Å². The van der Waals surface area contributed by atoms with Gasteiger partial charge in [0.25, 0.3) is 5.91 Å². The first-order valence-electron chi connectivity index (χ1n) is 6.06. The smallest absolute Gasteiger partial charge is 0.262 e. The number of anilines is 1. The van der Waals surface area contributed by atoms with Gasteiger partial charge in [-0.3, -0.25) is 4.79 Å². The number of ether oxygens (including phenoxy) is 1. The van der Waals surface area contributed by atoms with Crippen molar-refractivity contribution in [3.63, 3.8) is 0 Å². The number of fused-ring (bicyclic) bond motifs is 1. The fourth-order valence-corrected chi connectivity index (χ4v) is 1.77. The van der Waals surface area contributed by atoms with E-state index in [2.05, 4.69) is 17.6 Å². The highest BCUT2D eigenvalue weighted by Crippen LogP contribution is 2.28. The first-order chi connectivity index (χ1) is 8.29. The SMILES string of the molecule is CCCCNCc1ccc2c(c1)NC(=O)CO2. The molecular weight excluding hydrogens is 216 g/mol. The number of rotatable bonds is 5. The third-order valence-corrected chi connectivity index (χ3v) is 2.71. The predicted molar refractivity (Wildman–Crippen MR) is 67.2 cm³/mol. The molecule has 4 heteroatoms. The minimum absolute atomic E-state index is 0.0893. The van der Waals surface area contributed by atoms with Crippen molar-refractivity contribution >= 4 is 11.6 Å². The van der Waals surface area contributed by atoms with E-state index in [-0.39, 0.29) is 12.5 Å². The van der Waals surface area contributed by atoms with E-state index in [0.717, 1.165) is 30.1 Å².